The molecule has 0 saturated carbocycles. The molecule has 0 atom stereocenters. The van der Waals surface area contributed by atoms with E-state index in [1.54, 1.807) is 31.2 Å². The molecule has 0 unspecified atom stereocenters. The van der Waals surface area contributed by atoms with E-state index < -0.39 is 0 Å². The summed E-state index contributed by atoms with van der Waals surface area (Å²) in [5, 5.41) is 0.619. The van der Waals surface area contributed by atoms with E-state index in [1.807, 2.05) is 0 Å². The Balaban J connectivity index is 2.25. The summed E-state index contributed by atoms with van der Waals surface area (Å²) >= 11 is 5.75. The van der Waals surface area contributed by atoms with Gasteiger partial charge in [-0.15, -0.1) is 0 Å². The van der Waals surface area contributed by atoms with Gasteiger partial charge in [0.15, 0.2) is 5.78 Å². The van der Waals surface area contributed by atoms with Crippen LogP contribution in [0.15, 0.2) is 24.3 Å². The van der Waals surface area contributed by atoms with Crippen molar-refractivity contribution in [2.24, 2.45) is 0 Å². The van der Waals surface area contributed by atoms with Crippen molar-refractivity contribution in [2.45, 2.75) is 32.6 Å². The third kappa shape index (κ3) is 5.32. The van der Waals surface area contributed by atoms with Crippen molar-refractivity contribution in [1.29, 1.82) is 0 Å². The smallest absolute Gasteiger partial charge is 0.305 e. The summed E-state index contributed by atoms with van der Waals surface area (Å²) in [6.45, 7) is 2.19. The van der Waals surface area contributed by atoms with Crippen molar-refractivity contribution in [3.05, 3.63) is 34.9 Å². The molecule has 3 nitrogen and oxygen atoms in total. The monoisotopic (exact) mass is 268 g/mol. The summed E-state index contributed by atoms with van der Waals surface area (Å²) in [6, 6.07) is 6.84. The van der Waals surface area contributed by atoms with Gasteiger partial charge >= 0.3 is 5.97 Å². The molecular weight excluding hydrogens is 252 g/mol. The zero-order chi connectivity index (χ0) is 13.4. The number of benzene rings is 1. The molecule has 0 bridgehead atoms. The van der Waals surface area contributed by atoms with Gasteiger partial charge in [-0.2, -0.15) is 0 Å². The number of carbonyl (C=O) groups excluding carboxylic acids is 2. The fourth-order valence-corrected chi connectivity index (χ4v) is 1.69. The van der Waals surface area contributed by atoms with Crippen LogP contribution < -0.4 is 0 Å². The number of ketones is 1. The van der Waals surface area contributed by atoms with Crippen LogP contribution in [0.25, 0.3) is 0 Å². The van der Waals surface area contributed by atoms with E-state index in [1.165, 1.54) is 0 Å². The van der Waals surface area contributed by atoms with Crippen LogP contribution >= 0.6 is 11.6 Å². The number of rotatable bonds is 7. The summed E-state index contributed by atoms with van der Waals surface area (Å²) in [5.41, 5.74) is 0.663. The number of ether oxygens (including phenoxy) is 1. The van der Waals surface area contributed by atoms with Gasteiger partial charge in [0, 0.05) is 23.4 Å². The summed E-state index contributed by atoms with van der Waals surface area (Å²) in [4.78, 5) is 22.8. The minimum Gasteiger partial charge on any atom is -0.466 e. The van der Waals surface area contributed by atoms with Gasteiger partial charge < -0.3 is 4.74 Å². The first-order valence-electron chi connectivity index (χ1n) is 6.08. The molecule has 0 radical (unpaired) electrons. The second-order valence-electron chi connectivity index (χ2n) is 3.94. The number of hydrogen-bond donors (Lipinski definition) is 0. The van der Waals surface area contributed by atoms with E-state index in [9.17, 15) is 9.59 Å². The largest absolute Gasteiger partial charge is 0.466 e. The highest BCUT2D eigenvalue weighted by Gasteiger charge is 2.06. The highest BCUT2D eigenvalue weighted by atomic mass is 35.5. The Hall–Kier alpha value is -1.35. The lowest BCUT2D eigenvalue weighted by Crippen LogP contribution is -2.04. The first kappa shape index (κ1) is 14.7. The topological polar surface area (TPSA) is 43.4 Å². The van der Waals surface area contributed by atoms with Crippen LogP contribution in [0.1, 0.15) is 43.0 Å². The van der Waals surface area contributed by atoms with Crippen molar-refractivity contribution in [2.75, 3.05) is 6.61 Å². The van der Waals surface area contributed by atoms with Crippen LogP contribution in [0.4, 0.5) is 0 Å². The molecule has 0 heterocycles. The van der Waals surface area contributed by atoms with Gasteiger partial charge in [0.25, 0.3) is 0 Å². The molecule has 1 aromatic carbocycles. The second kappa shape index (κ2) is 7.88. The normalized spacial score (nSPS) is 10.1. The van der Waals surface area contributed by atoms with Crippen molar-refractivity contribution in [1.82, 2.24) is 0 Å². The predicted octanol–water partition coefficient (Wildman–Crippen LogP) is 3.65. The molecule has 0 fully saturated rings. The molecular formula is C14H17ClO3. The second-order valence-corrected chi connectivity index (χ2v) is 4.38. The average molecular weight is 269 g/mol. The third-order valence-corrected chi connectivity index (χ3v) is 2.76. The Bertz CT molecular complexity index is 398. The van der Waals surface area contributed by atoms with Crippen molar-refractivity contribution < 1.29 is 14.3 Å². The van der Waals surface area contributed by atoms with E-state index in [0.717, 1.165) is 0 Å². The van der Waals surface area contributed by atoms with Crippen LogP contribution in [0.5, 0.6) is 0 Å². The van der Waals surface area contributed by atoms with Crippen LogP contribution in [0.2, 0.25) is 5.02 Å². The van der Waals surface area contributed by atoms with Crippen LogP contribution in [-0.2, 0) is 9.53 Å². The molecule has 18 heavy (non-hydrogen) atoms. The maximum absolute atomic E-state index is 11.8. The van der Waals surface area contributed by atoms with E-state index in [4.69, 9.17) is 16.3 Å². The number of carbonyl (C=O) groups is 2. The molecule has 1 rings (SSSR count). The van der Waals surface area contributed by atoms with Crippen LogP contribution in [0, 0.1) is 0 Å². The minimum absolute atomic E-state index is 0.0792. The first-order chi connectivity index (χ1) is 8.63. The van der Waals surface area contributed by atoms with Crippen molar-refractivity contribution in [3.63, 3.8) is 0 Å². The molecule has 98 valence electrons. The first-order valence-corrected chi connectivity index (χ1v) is 6.45. The highest BCUT2D eigenvalue weighted by molar-refractivity contribution is 6.30. The van der Waals surface area contributed by atoms with E-state index in [2.05, 4.69) is 0 Å². The molecule has 0 aromatic heterocycles. The Labute approximate surface area is 112 Å². The van der Waals surface area contributed by atoms with Gasteiger partial charge in [-0.05, 0) is 44.0 Å². The number of Topliss-reactive ketones (excluding diaryl/α,β-unsaturated/α-hetero) is 1. The highest BCUT2D eigenvalue weighted by Crippen LogP contribution is 2.13. The zero-order valence-corrected chi connectivity index (χ0v) is 11.2. The minimum atomic E-state index is -0.198. The van der Waals surface area contributed by atoms with Gasteiger partial charge in [-0.1, -0.05) is 11.6 Å². The standard InChI is InChI=1S/C14H17ClO3/c1-2-18-14(17)6-4-3-5-13(16)11-7-9-12(15)10-8-11/h7-10H,2-6H2,1H3. The fourth-order valence-electron chi connectivity index (χ4n) is 1.57. The van der Waals surface area contributed by atoms with Crippen molar-refractivity contribution >= 4 is 23.4 Å². The van der Waals surface area contributed by atoms with Gasteiger partial charge in [0.1, 0.15) is 0 Å². The van der Waals surface area contributed by atoms with Gasteiger partial charge in [0.05, 0.1) is 6.61 Å². The molecule has 0 N–H and O–H groups in total. The summed E-state index contributed by atoms with van der Waals surface area (Å²) < 4.78 is 4.81. The Morgan fingerprint density at radius 2 is 1.72 bits per heavy atom. The molecule has 4 heteroatoms. The average Bonchev–Trinajstić information content (AvgIpc) is 2.35. The van der Waals surface area contributed by atoms with E-state index >= 15 is 0 Å². The van der Waals surface area contributed by atoms with Gasteiger partial charge in [0.2, 0.25) is 0 Å². The molecule has 0 saturated heterocycles. The Kier molecular flexibility index (Phi) is 6.44. The summed E-state index contributed by atoms with van der Waals surface area (Å²) in [5.74, 6) is -0.119. The van der Waals surface area contributed by atoms with E-state index in [-0.39, 0.29) is 11.8 Å². The van der Waals surface area contributed by atoms with E-state index in [0.29, 0.717) is 42.9 Å². The number of hydrogen-bond acceptors (Lipinski definition) is 3. The molecule has 0 amide bonds. The third-order valence-electron chi connectivity index (χ3n) is 2.51. The number of halogens is 1. The quantitative estimate of drug-likeness (QED) is 0.431. The lowest BCUT2D eigenvalue weighted by molar-refractivity contribution is -0.143. The summed E-state index contributed by atoms with van der Waals surface area (Å²) in [7, 11) is 0. The van der Waals surface area contributed by atoms with Gasteiger partial charge in [-0.3, -0.25) is 9.59 Å². The lowest BCUT2D eigenvalue weighted by atomic mass is 10.0. The number of esters is 1. The SMILES string of the molecule is CCOC(=O)CCCCC(=O)c1ccc(Cl)cc1. The molecule has 0 aliphatic heterocycles. The fraction of sp³-hybridized carbons (Fsp3) is 0.429. The van der Waals surface area contributed by atoms with Crippen molar-refractivity contribution in [3.8, 4) is 0 Å². The molecule has 0 spiro atoms. The zero-order valence-electron chi connectivity index (χ0n) is 10.4. The number of unbranched alkanes of at least 4 members (excludes halogenated alkanes) is 1. The van der Waals surface area contributed by atoms with Crippen LogP contribution in [-0.4, -0.2) is 18.4 Å². The van der Waals surface area contributed by atoms with Crippen LogP contribution in [0.3, 0.4) is 0 Å². The Morgan fingerprint density at radius 3 is 2.33 bits per heavy atom. The Morgan fingerprint density at radius 1 is 1.11 bits per heavy atom. The molecule has 0 aliphatic rings. The maximum Gasteiger partial charge on any atom is 0.305 e. The maximum atomic E-state index is 11.8. The van der Waals surface area contributed by atoms with Gasteiger partial charge in [-0.25, -0.2) is 0 Å². The summed E-state index contributed by atoms with van der Waals surface area (Å²) in [6.07, 6.45) is 2.20. The molecule has 1 aromatic rings. The lowest BCUT2D eigenvalue weighted by Gasteiger charge is -2.02. The molecule has 0 aliphatic carbocycles. The predicted molar refractivity (Wildman–Crippen MR) is 70.9 cm³/mol.